The number of hydrogen-bond acceptors (Lipinski definition) is 3. The van der Waals surface area contributed by atoms with Crippen LogP contribution in [0.5, 0.6) is 0 Å². The number of benzene rings is 1. The predicted octanol–water partition coefficient (Wildman–Crippen LogP) is 2.06. The molecule has 1 saturated carbocycles. The fourth-order valence-electron chi connectivity index (χ4n) is 1.82. The van der Waals surface area contributed by atoms with Crippen LogP contribution in [0.25, 0.3) is 0 Å². The highest BCUT2D eigenvalue weighted by Gasteiger charge is 2.26. The van der Waals surface area contributed by atoms with E-state index in [-0.39, 0.29) is 6.10 Å². The Hall–Kier alpha value is -0.490. The Morgan fingerprint density at radius 1 is 1.47 bits per heavy atom. The van der Waals surface area contributed by atoms with Crippen molar-refractivity contribution in [3.8, 4) is 0 Å². The molecule has 3 nitrogen and oxygen atoms in total. The first-order chi connectivity index (χ1) is 7.15. The van der Waals surface area contributed by atoms with Gasteiger partial charge in [-0.05, 0) is 59.5 Å². The lowest BCUT2D eigenvalue weighted by Crippen LogP contribution is -2.33. The Kier molecular flexibility index (Phi) is 3.35. The molecule has 0 unspecified atom stereocenters. The summed E-state index contributed by atoms with van der Waals surface area (Å²) in [4.78, 5) is 0. The molecule has 82 valence electrons. The molecule has 2 rings (SSSR count). The first-order valence-corrected chi connectivity index (χ1v) is 6.20. The molecule has 0 heterocycles. The van der Waals surface area contributed by atoms with Crippen LogP contribution in [-0.4, -0.2) is 17.8 Å². The lowest BCUT2D eigenvalue weighted by molar-refractivity contribution is 0.0487. The van der Waals surface area contributed by atoms with Gasteiger partial charge in [0.15, 0.2) is 0 Å². The third-order valence-electron chi connectivity index (χ3n) is 2.81. The molecule has 1 aromatic carbocycles. The first kappa shape index (κ1) is 11.0. The number of aliphatic hydroxyl groups is 1. The van der Waals surface area contributed by atoms with Crippen LogP contribution in [0.15, 0.2) is 18.2 Å². The SMILES string of the molecule is Nc1cc(I)ccc1NCC1CC(O)C1. The highest BCUT2D eigenvalue weighted by molar-refractivity contribution is 14.1. The van der Waals surface area contributed by atoms with Gasteiger partial charge in [-0.1, -0.05) is 0 Å². The van der Waals surface area contributed by atoms with Crippen LogP contribution >= 0.6 is 22.6 Å². The zero-order chi connectivity index (χ0) is 10.8. The Bertz CT molecular complexity index is 350. The van der Waals surface area contributed by atoms with E-state index >= 15 is 0 Å². The number of nitrogen functional groups attached to an aromatic ring is 1. The van der Waals surface area contributed by atoms with Crippen molar-refractivity contribution in [3.05, 3.63) is 21.8 Å². The van der Waals surface area contributed by atoms with E-state index in [1.54, 1.807) is 0 Å². The van der Waals surface area contributed by atoms with Crippen molar-refractivity contribution >= 4 is 34.0 Å². The predicted molar refractivity (Wildman–Crippen MR) is 70.8 cm³/mol. The fourth-order valence-corrected chi connectivity index (χ4v) is 2.33. The molecule has 1 aromatic rings. The summed E-state index contributed by atoms with van der Waals surface area (Å²) < 4.78 is 1.15. The van der Waals surface area contributed by atoms with E-state index in [0.29, 0.717) is 5.92 Å². The minimum atomic E-state index is -0.0779. The Balaban J connectivity index is 1.88. The summed E-state index contributed by atoms with van der Waals surface area (Å²) in [6.45, 7) is 0.905. The zero-order valence-electron chi connectivity index (χ0n) is 8.41. The van der Waals surface area contributed by atoms with Gasteiger partial charge >= 0.3 is 0 Å². The van der Waals surface area contributed by atoms with E-state index < -0.39 is 0 Å². The second-order valence-corrected chi connectivity index (χ2v) is 5.35. The number of halogens is 1. The molecule has 1 aliphatic rings. The summed E-state index contributed by atoms with van der Waals surface area (Å²) in [5, 5.41) is 12.5. The van der Waals surface area contributed by atoms with Crippen LogP contribution in [-0.2, 0) is 0 Å². The highest BCUT2D eigenvalue weighted by atomic mass is 127. The fraction of sp³-hybridized carbons (Fsp3) is 0.455. The van der Waals surface area contributed by atoms with Crippen LogP contribution in [0.4, 0.5) is 11.4 Å². The van der Waals surface area contributed by atoms with Gasteiger partial charge in [0.1, 0.15) is 0 Å². The normalized spacial score (nSPS) is 24.7. The van der Waals surface area contributed by atoms with E-state index in [0.717, 1.165) is 34.3 Å². The smallest absolute Gasteiger partial charge is 0.0574 e. The number of nitrogens with two attached hydrogens (primary N) is 1. The van der Waals surface area contributed by atoms with Gasteiger partial charge in [-0.15, -0.1) is 0 Å². The van der Waals surface area contributed by atoms with Crippen LogP contribution in [0.1, 0.15) is 12.8 Å². The lowest BCUT2D eigenvalue weighted by Gasteiger charge is -2.31. The van der Waals surface area contributed by atoms with Crippen molar-refractivity contribution in [3.63, 3.8) is 0 Å². The third kappa shape index (κ3) is 2.75. The number of rotatable bonds is 3. The van der Waals surface area contributed by atoms with E-state index in [4.69, 9.17) is 10.8 Å². The molecule has 4 N–H and O–H groups in total. The van der Waals surface area contributed by atoms with Crippen molar-refractivity contribution in [2.45, 2.75) is 18.9 Å². The Morgan fingerprint density at radius 2 is 2.20 bits per heavy atom. The van der Waals surface area contributed by atoms with Crippen molar-refractivity contribution in [1.29, 1.82) is 0 Å². The third-order valence-corrected chi connectivity index (χ3v) is 3.48. The molecule has 0 spiro atoms. The van der Waals surface area contributed by atoms with Gasteiger partial charge in [-0.3, -0.25) is 0 Å². The van der Waals surface area contributed by atoms with Gasteiger partial charge in [-0.2, -0.15) is 0 Å². The quantitative estimate of drug-likeness (QED) is 0.591. The van der Waals surface area contributed by atoms with Gasteiger partial charge in [0.25, 0.3) is 0 Å². The van der Waals surface area contributed by atoms with E-state index in [9.17, 15) is 0 Å². The summed E-state index contributed by atoms with van der Waals surface area (Å²) >= 11 is 2.24. The van der Waals surface area contributed by atoms with Gasteiger partial charge in [0, 0.05) is 10.1 Å². The largest absolute Gasteiger partial charge is 0.397 e. The van der Waals surface area contributed by atoms with E-state index in [2.05, 4.69) is 27.9 Å². The molecule has 1 fully saturated rings. The second kappa shape index (κ2) is 4.57. The molecule has 0 atom stereocenters. The average Bonchev–Trinajstić information content (AvgIpc) is 2.13. The molecule has 0 aromatic heterocycles. The molecule has 1 aliphatic carbocycles. The molecule has 4 heteroatoms. The number of nitrogens with one attached hydrogen (secondary N) is 1. The molecular formula is C11H15IN2O. The van der Waals surface area contributed by atoms with Crippen molar-refractivity contribution in [2.24, 2.45) is 5.92 Å². The molecule has 0 amide bonds. The molecule has 0 radical (unpaired) electrons. The topological polar surface area (TPSA) is 58.3 Å². The number of hydrogen-bond donors (Lipinski definition) is 3. The maximum atomic E-state index is 9.15. The summed E-state index contributed by atoms with van der Waals surface area (Å²) in [5.74, 6) is 0.596. The first-order valence-electron chi connectivity index (χ1n) is 5.12. The van der Waals surface area contributed by atoms with Crippen LogP contribution in [0.3, 0.4) is 0 Å². The number of anilines is 2. The van der Waals surface area contributed by atoms with Crippen LogP contribution < -0.4 is 11.1 Å². The standard InChI is InChI=1S/C11H15IN2O/c12-8-1-2-11(10(13)5-8)14-6-7-3-9(15)4-7/h1-2,5,7,9,14-15H,3-4,6,13H2. The maximum absolute atomic E-state index is 9.15. The van der Waals surface area contributed by atoms with Gasteiger partial charge in [-0.25, -0.2) is 0 Å². The molecule has 0 bridgehead atoms. The number of aliphatic hydroxyl groups excluding tert-OH is 1. The minimum absolute atomic E-state index is 0.0779. The van der Waals surface area contributed by atoms with Gasteiger partial charge in [0.2, 0.25) is 0 Å². The molecule has 0 aliphatic heterocycles. The Morgan fingerprint density at radius 3 is 2.80 bits per heavy atom. The molecular weight excluding hydrogens is 303 g/mol. The van der Waals surface area contributed by atoms with E-state index in [1.165, 1.54) is 0 Å². The van der Waals surface area contributed by atoms with Crippen LogP contribution in [0.2, 0.25) is 0 Å². The summed E-state index contributed by atoms with van der Waals surface area (Å²) in [6.07, 6.45) is 1.75. The monoisotopic (exact) mass is 318 g/mol. The van der Waals surface area contributed by atoms with E-state index in [1.807, 2.05) is 18.2 Å². The summed E-state index contributed by atoms with van der Waals surface area (Å²) in [5.41, 5.74) is 7.67. The van der Waals surface area contributed by atoms with Gasteiger partial charge < -0.3 is 16.2 Å². The second-order valence-electron chi connectivity index (χ2n) is 4.10. The van der Waals surface area contributed by atoms with Crippen molar-refractivity contribution in [2.75, 3.05) is 17.6 Å². The summed E-state index contributed by atoms with van der Waals surface area (Å²) in [7, 11) is 0. The lowest BCUT2D eigenvalue weighted by atomic mass is 9.82. The zero-order valence-corrected chi connectivity index (χ0v) is 10.6. The highest BCUT2D eigenvalue weighted by Crippen LogP contribution is 2.28. The molecule has 15 heavy (non-hydrogen) atoms. The average molecular weight is 318 g/mol. The Labute approximate surface area is 103 Å². The van der Waals surface area contributed by atoms with Crippen molar-refractivity contribution < 1.29 is 5.11 Å². The van der Waals surface area contributed by atoms with Gasteiger partial charge in [0.05, 0.1) is 17.5 Å². The summed E-state index contributed by atoms with van der Waals surface area (Å²) in [6, 6.07) is 6.00. The van der Waals surface area contributed by atoms with Crippen LogP contribution in [0, 0.1) is 9.49 Å². The maximum Gasteiger partial charge on any atom is 0.0574 e. The minimum Gasteiger partial charge on any atom is -0.397 e. The van der Waals surface area contributed by atoms with Crippen molar-refractivity contribution in [1.82, 2.24) is 0 Å². The molecule has 0 saturated heterocycles.